The van der Waals surface area contributed by atoms with Crippen LogP contribution in [0.5, 0.6) is 5.88 Å². The topological polar surface area (TPSA) is 68.3 Å². The normalized spacial score (nSPS) is 12.2. The predicted molar refractivity (Wildman–Crippen MR) is 81.0 cm³/mol. The molecule has 0 saturated heterocycles. The Hall–Kier alpha value is -2.13. The van der Waals surface area contributed by atoms with Gasteiger partial charge >= 0.3 is 6.18 Å². The van der Waals surface area contributed by atoms with Crippen LogP contribution < -0.4 is 9.46 Å². The van der Waals surface area contributed by atoms with Crippen molar-refractivity contribution in [3.05, 3.63) is 53.7 Å². The quantitative estimate of drug-likeness (QED) is 0.860. The van der Waals surface area contributed by atoms with E-state index in [1.165, 1.54) is 30.5 Å². The summed E-state index contributed by atoms with van der Waals surface area (Å²) in [4.78, 5) is 3.76. The van der Waals surface area contributed by atoms with Crippen LogP contribution in [0, 0.1) is 6.92 Å². The van der Waals surface area contributed by atoms with Crippen molar-refractivity contribution in [2.24, 2.45) is 0 Å². The van der Waals surface area contributed by atoms with E-state index < -0.39 is 22.8 Å². The molecule has 0 atom stereocenters. The summed E-state index contributed by atoms with van der Waals surface area (Å²) in [7, 11) is -3.71. The van der Waals surface area contributed by atoms with Gasteiger partial charge in [-0.25, -0.2) is 18.1 Å². The molecule has 2 rings (SSSR count). The molecule has 0 saturated carbocycles. The summed E-state index contributed by atoms with van der Waals surface area (Å²) < 4.78 is 67.6. The lowest BCUT2D eigenvalue weighted by Crippen LogP contribution is -2.23. The van der Waals surface area contributed by atoms with E-state index in [2.05, 4.69) is 14.4 Å². The molecule has 0 aliphatic rings. The Labute approximate surface area is 137 Å². The average Bonchev–Trinajstić information content (AvgIpc) is 2.51. The summed E-state index contributed by atoms with van der Waals surface area (Å²) in [5, 5.41) is 0. The van der Waals surface area contributed by atoms with Crippen molar-refractivity contribution < 1.29 is 26.3 Å². The lowest BCUT2D eigenvalue weighted by molar-refractivity contribution is -0.154. The average molecular weight is 360 g/mol. The number of ether oxygens (including phenoxy) is 1. The number of hydrogen-bond donors (Lipinski definition) is 1. The summed E-state index contributed by atoms with van der Waals surface area (Å²) in [6.07, 6.45) is -3.22. The van der Waals surface area contributed by atoms with Gasteiger partial charge in [0.05, 0.1) is 4.90 Å². The zero-order valence-corrected chi connectivity index (χ0v) is 13.5. The minimum atomic E-state index is -4.47. The molecule has 9 heteroatoms. The van der Waals surface area contributed by atoms with Gasteiger partial charge in [-0.3, -0.25) is 0 Å². The molecule has 0 fully saturated rings. The van der Waals surface area contributed by atoms with Crippen LogP contribution in [0.4, 0.5) is 13.2 Å². The van der Waals surface area contributed by atoms with E-state index >= 15 is 0 Å². The van der Waals surface area contributed by atoms with E-state index in [4.69, 9.17) is 0 Å². The minimum absolute atomic E-state index is 0.0961. The number of benzene rings is 1. The number of aromatic nitrogens is 1. The Morgan fingerprint density at radius 2 is 1.83 bits per heavy atom. The largest absolute Gasteiger partial charge is 0.468 e. The van der Waals surface area contributed by atoms with Gasteiger partial charge in [0, 0.05) is 18.8 Å². The first-order valence-electron chi connectivity index (χ1n) is 6.86. The number of pyridine rings is 1. The van der Waals surface area contributed by atoms with Crippen LogP contribution in [-0.2, 0) is 16.6 Å². The lowest BCUT2D eigenvalue weighted by Gasteiger charge is -2.10. The van der Waals surface area contributed by atoms with Crippen molar-refractivity contribution >= 4 is 10.0 Å². The van der Waals surface area contributed by atoms with E-state index in [-0.39, 0.29) is 17.3 Å². The zero-order chi connectivity index (χ0) is 17.8. The molecule has 1 heterocycles. The molecule has 130 valence electrons. The second kappa shape index (κ2) is 7.18. The Morgan fingerprint density at radius 1 is 1.17 bits per heavy atom. The highest BCUT2D eigenvalue weighted by Crippen LogP contribution is 2.18. The van der Waals surface area contributed by atoms with Gasteiger partial charge in [0.1, 0.15) is 0 Å². The van der Waals surface area contributed by atoms with Crippen molar-refractivity contribution in [1.82, 2.24) is 9.71 Å². The van der Waals surface area contributed by atoms with E-state index in [9.17, 15) is 21.6 Å². The number of rotatable bonds is 6. The molecule has 0 aliphatic heterocycles. The summed E-state index contributed by atoms with van der Waals surface area (Å²) >= 11 is 0. The number of hydrogen-bond acceptors (Lipinski definition) is 4. The molecule has 24 heavy (non-hydrogen) atoms. The first-order chi connectivity index (χ1) is 11.2. The molecule has 0 amide bonds. The maximum absolute atomic E-state index is 12.2. The number of halogens is 3. The van der Waals surface area contributed by atoms with Gasteiger partial charge in [-0.1, -0.05) is 17.7 Å². The Balaban J connectivity index is 2.02. The molecule has 0 bridgehead atoms. The highest BCUT2D eigenvalue weighted by Gasteiger charge is 2.28. The van der Waals surface area contributed by atoms with Crippen molar-refractivity contribution in [2.75, 3.05) is 6.61 Å². The van der Waals surface area contributed by atoms with Gasteiger partial charge in [-0.15, -0.1) is 0 Å². The molecule has 1 aromatic heterocycles. The van der Waals surface area contributed by atoms with Gasteiger partial charge in [-0.2, -0.15) is 13.2 Å². The Morgan fingerprint density at radius 3 is 2.46 bits per heavy atom. The fourth-order valence-electron chi connectivity index (χ4n) is 1.77. The van der Waals surface area contributed by atoms with Gasteiger partial charge in [0.25, 0.3) is 0 Å². The van der Waals surface area contributed by atoms with Crippen LogP contribution in [0.15, 0.2) is 47.5 Å². The molecule has 2 aromatic rings. The maximum Gasteiger partial charge on any atom is 0.422 e. The molecule has 0 aliphatic carbocycles. The second-order valence-electron chi connectivity index (χ2n) is 5.04. The van der Waals surface area contributed by atoms with Crippen LogP contribution in [0.25, 0.3) is 0 Å². The van der Waals surface area contributed by atoms with Crippen LogP contribution in [-0.4, -0.2) is 26.2 Å². The van der Waals surface area contributed by atoms with Crippen LogP contribution in [0.3, 0.4) is 0 Å². The summed E-state index contributed by atoms with van der Waals surface area (Å²) in [6.45, 7) is 0.281. The van der Waals surface area contributed by atoms with Crippen LogP contribution in [0.2, 0.25) is 0 Å². The smallest absolute Gasteiger partial charge is 0.422 e. The molecular weight excluding hydrogens is 345 g/mol. The van der Waals surface area contributed by atoms with E-state index in [1.54, 1.807) is 12.1 Å². The van der Waals surface area contributed by atoms with Crippen molar-refractivity contribution in [3.63, 3.8) is 0 Å². The molecule has 0 radical (unpaired) electrons. The third kappa shape index (κ3) is 5.50. The first kappa shape index (κ1) is 18.2. The fraction of sp³-hybridized carbons (Fsp3) is 0.267. The van der Waals surface area contributed by atoms with Gasteiger partial charge in [0.2, 0.25) is 15.9 Å². The highest BCUT2D eigenvalue weighted by atomic mass is 32.2. The monoisotopic (exact) mass is 360 g/mol. The van der Waals surface area contributed by atoms with E-state index in [0.29, 0.717) is 5.56 Å². The van der Waals surface area contributed by atoms with Gasteiger partial charge in [0.15, 0.2) is 6.61 Å². The third-order valence-corrected chi connectivity index (χ3v) is 4.40. The number of nitrogens with zero attached hydrogens (tertiary/aromatic N) is 1. The van der Waals surface area contributed by atoms with Gasteiger partial charge < -0.3 is 4.74 Å². The first-order valence-corrected chi connectivity index (χ1v) is 8.35. The zero-order valence-electron chi connectivity index (χ0n) is 12.7. The number of sulfonamides is 1. The summed E-state index contributed by atoms with van der Waals surface area (Å²) in [5.41, 5.74) is 1.35. The maximum atomic E-state index is 12.2. The molecule has 0 unspecified atom stereocenters. The highest BCUT2D eigenvalue weighted by molar-refractivity contribution is 7.89. The standard InChI is InChI=1S/C15H15F3N2O3S/c1-11-2-4-13(5-3-11)24(21,22)20-9-12-6-7-19-14(8-12)23-10-15(16,17)18/h2-8,20H,9-10H2,1H3. The Bertz CT molecular complexity index is 790. The predicted octanol–water partition coefficient (Wildman–Crippen LogP) is 2.81. The summed E-state index contributed by atoms with van der Waals surface area (Å²) in [5.74, 6) is -0.223. The van der Waals surface area contributed by atoms with Crippen LogP contribution in [0.1, 0.15) is 11.1 Å². The van der Waals surface area contributed by atoms with Crippen molar-refractivity contribution in [1.29, 1.82) is 0 Å². The molecule has 0 spiro atoms. The van der Waals surface area contributed by atoms with Crippen molar-refractivity contribution in [2.45, 2.75) is 24.5 Å². The molecule has 1 N–H and O–H groups in total. The number of nitrogens with one attached hydrogen (secondary N) is 1. The van der Waals surface area contributed by atoms with Crippen LogP contribution >= 0.6 is 0 Å². The molecular formula is C15H15F3N2O3S. The lowest BCUT2D eigenvalue weighted by atomic mass is 10.2. The van der Waals surface area contributed by atoms with E-state index in [0.717, 1.165) is 5.56 Å². The minimum Gasteiger partial charge on any atom is -0.468 e. The molecule has 5 nitrogen and oxygen atoms in total. The molecule has 1 aromatic carbocycles. The number of alkyl halides is 3. The number of aryl methyl sites for hydroxylation is 1. The Kier molecular flexibility index (Phi) is 5.45. The second-order valence-corrected chi connectivity index (χ2v) is 6.81. The third-order valence-electron chi connectivity index (χ3n) is 2.98. The fourth-order valence-corrected chi connectivity index (χ4v) is 2.79. The van der Waals surface area contributed by atoms with E-state index in [1.807, 2.05) is 6.92 Å². The van der Waals surface area contributed by atoms with Gasteiger partial charge in [-0.05, 0) is 30.7 Å². The van der Waals surface area contributed by atoms with Crippen molar-refractivity contribution in [3.8, 4) is 5.88 Å². The SMILES string of the molecule is Cc1ccc(S(=O)(=O)NCc2ccnc(OCC(F)(F)F)c2)cc1. The summed E-state index contributed by atoms with van der Waals surface area (Å²) in [6, 6.07) is 9.03.